The Hall–Kier alpha value is -2.70. The minimum atomic E-state index is -0.836. The van der Waals surface area contributed by atoms with Crippen LogP contribution < -0.4 is 0 Å². The maximum absolute atomic E-state index is 12.6. The summed E-state index contributed by atoms with van der Waals surface area (Å²) in [5, 5.41) is 16.7. The van der Waals surface area contributed by atoms with Crippen LogP contribution in [0.3, 0.4) is 0 Å². The summed E-state index contributed by atoms with van der Waals surface area (Å²) in [6.07, 6.45) is 3.78. The van der Waals surface area contributed by atoms with Gasteiger partial charge in [0.1, 0.15) is 12.7 Å². The monoisotopic (exact) mass is 314 g/mol. The molecule has 0 saturated carbocycles. The highest BCUT2D eigenvalue weighted by atomic mass is 16.4. The molecule has 1 fully saturated rings. The minimum Gasteiger partial charge on any atom is -0.481 e. The van der Waals surface area contributed by atoms with Crippen LogP contribution in [0.2, 0.25) is 0 Å². The van der Waals surface area contributed by atoms with E-state index >= 15 is 0 Å². The van der Waals surface area contributed by atoms with Gasteiger partial charge in [-0.15, -0.1) is 10.2 Å². The van der Waals surface area contributed by atoms with Crippen molar-refractivity contribution in [1.82, 2.24) is 19.7 Å². The van der Waals surface area contributed by atoms with Gasteiger partial charge in [-0.2, -0.15) is 0 Å². The second-order valence-electron chi connectivity index (χ2n) is 6.00. The topological polar surface area (TPSA) is 88.3 Å². The number of hydrogen-bond acceptors (Lipinski definition) is 4. The molecule has 1 aliphatic rings. The van der Waals surface area contributed by atoms with Gasteiger partial charge in [0, 0.05) is 24.3 Å². The van der Waals surface area contributed by atoms with Crippen molar-refractivity contribution in [3.05, 3.63) is 42.5 Å². The third-order valence-corrected chi connectivity index (χ3v) is 4.13. The molecule has 1 amide bonds. The first-order valence-electron chi connectivity index (χ1n) is 7.51. The van der Waals surface area contributed by atoms with Crippen LogP contribution in [0.1, 0.15) is 23.7 Å². The van der Waals surface area contributed by atoms with E-state index in [9.17, 15) is 14.7 Å². The summed E-state index contributed by atoms with van der Waals surface area (Å²) in [4.78, 5) is 25.5. The number of aromatic nitrogens is 3. The molecule has 2 heterocycles. The molecule has 0 bridgehead atoms. The summed E-state index contributed by atoms with van der Waals surface area (Å²) >= 11 is 0. The Morgan fingerprint density at radius 1 is 1.13 bits per heavy atom. The normalized spacial score (nSPS) is 21.2. The van der Waals surface area contributed by atoms with Gasteiger partial charge in [-0.25, -0.2) is 0 Å². The maximum Gasteiger partial charge on any atom is 0.308 e. The first-order chi connectivity index (χ1) is 11.0. The van der Waals surface area contributed by atoms with Crippen molar-refractivity contribution in [3.63, 3.8) is 0 Å². The fraction of sp³-hybridized carbons (Fsp3) is 0.375. The highest BCUT2D eigenvalue weighted by molar-refractivity contribution is 5.94. The molecule has 1 aromatic carbocycles. The quantitative estimate of drug-likeness (QED) is 0.926. The van der Waals surface area contributed by atoms with Gasteiger partial charge in [-0.05, 0) is 36.6 Å². The number of carboxylic acids is 1. The van der Waals surface area contributed by atoms with Crippen molar-refractivity contribution in [2.45, 2.75) is 13.3 Å². The molecule has 7 nitrogen and oxygen atoms in total. The number of benzene rings is 1. The predicted molar refractivity (Wildman–Crippen MR) is 82.2 cm³/mol. The summed E-state index contributed by atoms with van der Waals surface area (Å²) in [6, 6.07) is 7.12. The summed E-state index contributed by atoms with van der Waals surface area (Å²) < 4.78 is 1.75. The summed E-state index contributed by atoms with van der Waals surface area (Å²) in [7, 11) is 0. The fourth-order valence-corrected chi connectivity index (χ4v) is 2.99. The first kappa shape index (κ1) is 15.2. The highest BCUT2D eigenvalue weighted by Crippen LogP contribution is 2.23. The zero-order valence-corrected chi connectivity index (χ0v) is 12.8. The van der Waals surface area contributed by atoms with Gasteiger partial charge < -0.3 is 10.0 Å². The van der Waals surface area contributed by atoms with E-state index in [1.807, 2.05) is 19.1 Å². The van der Waals surface area contributed by atoms with E-state index in [4.69, 9.17) is 0 Å². The van der Waals surface area contributed by atoms with Gasteiger partial charge in [0.15, 0.2) is 0 Å². The maximum atomic E-state index is 12.6. The molecule has 1 saturated heterocycles. The number of hydrogen-bond donors (Lipinski definition) is 1. The minimum absolute atomic E-state index is 0.127. The lowest BCUT2D eigenvalue weighted by Crippen LogP contribution is -2.45. The van der Waals surface area contributed by atoms with E-state index in [0.717, 1.165) is 5.69 Å². The highest BCUT2D eigenvalue weighted by Gasteiger charge is 2.32. The number of carbonyl (C=O) groups excluding carboxylic acids is 1. The molecule has 2 unspecified atom stereocenters. The smallest absolute Gasteiger partial charge is 0.308 e. The summed E-state index contributed by atoms with van der Waals surface area (Å²) in [6.45, 7) is 2.84. The third kappa shape index (κ3) is 3.23. The molecule has 1 N–H and O–H groups in total. The molecule has 0 aliphatic carbocycles. The second-order valence-corrected chi connectivity index (χ2v) is 6.00. The van der Waals surface area contributed by atoms with Crippen molar-refractivity contribution in [2.24, 2.45) is 11.8 Å². The third-order valence-electron chi connectivity index (χ3n) is 4.13. The Morgan fingerprint density at radius 2 is 1.78 bits per heavy atom. The lowest BCUT2D eigenvalue weighted by Gasteiger charge is -2.34. The Bertz CT molecular complexity index is 697. The molecule has 0 spiro atoms. The van der Waals surface area contributed by atoms with Crippen LogP contribution in [0.4, 0.5) is 0 Å². The molecular formula is C16H18N4O3. The van der Waals surface area contributed by atoms with E-state index in [-0.39, 0.29) is 18.4 Å². The molecule has 0 radical (unpaired) electrons. The lowest BCUT2D eigenvalue weighted by molar-refractivity contribution is -0.143. The van der Waals surface area contributed by atoms with Crippen molar-refractivity contribution in [3.8, 4) is 5.69 Å². The van der Waals surface area contributed by atoms with Crippen LogP contribution in [0, 0.1) is 11.8 Å². The number of aliphatic carboxylic acids is 1. The van der Waals surface area contributed by atoms with Crippen LogP contribution in [0.25, 0.3) is 5.69 Å². The van der Waals surface area contributed by atoms with E-state index in [0.29, 0.717) is 18.5 Å². The van der Waals surface area contributed by atoms with Gasteiger partial charge in [-0.3, -0.25) is 14.2 Å². The largest absolute Gasteiger partial charge is 0.481 e. The number of nitrogens with zero attached hydrogens (tertiary/aromatic N) is 4. The van der Waals surface area contributed by atoms with Gasteiger partial charge >= 0.3 is 5.97 Å². The molecular weight excluding hydrogens is 296 g/mol. The molecule has 120 valence electrons. The van der Waals surface area contributed by atoms with Crippen LogP contribution in [-0.2, 0) is 4.79 Å². The SMILES string of the molecule is CC1CC(C(=O)O)CN(C(=O)c2ccc(-n3cnnc3)cc2)C1. The Labute approximate surface area is 133 Å². The van der Waals surface area contributed by atoms with E-state index in [1.54, 1.807) is 34.3 Å². The van der Waals surface area contributed by atoms with Crippen molar-refractivity contribution >= 4 is 11.9 Å². The van der Waals surface area contributed by atoms with E-state index < -0.39 is 11.9 Å². The molecule has 3 rings (SSSR count). The summed E-state index contributed by atoms with van der Waals surface area (Å²) in [5.41, 5.74) is 1.42. The summed E-state index contributed by atoms with van der Waals surface area (Å²) in [5.74, 6) is -1.26. The second kappa shape index (κ2) is 6.20. The van der Waals surface area contributed by atoms with Crippen molar-refractivity contribution in [1.29, 1.82) is 0 Å². The Balaban J connectivity index is 1.76. The van der Waals surface area contributed by atoms with E-state index in [2.05, 4.69) is 10.2 Å². The Kier molecular flexibility index (Phi) is 4.10. The van der Waals surface area contributed by atoms with Gasteiger partial charge in [-0.1, -0.05) is 6.92 Å². The fourth-order valence-electron chi connectivity index (χ4n) is 2.99. The van der Waals surface area contributed by atoms with Gasteiger partial charge in [0.25, 0.3) is 5.91 Å². The van der Waals surface area contributed by atoms with Crippen molar-refractivity contribution < 1.29 is 14.7 Å². The number of amides is 1. The zero-order chi connectivity index (χ0) is 16.4. The number of likely N-dealkylation sites (tertiary alicyclic amines) is 1. The van der Waals surface area contributed by atoms with Gasteiger partial charge in [0.05, 0.1) is 5.92 Å². The molecule has 23 heavy (non-hydrogen) atoms. The molecule has 1 aliphatic heterocycles. The number of piperidine rings is 1. The predicted octanol–water partition coefficient (Wildman–Crippen LogP) is 1.45. The average molecular weight is 314 g/mol. The molecule has 7 heteroatoms. The van der Waals surface area contributed by atoms with Crippen molar-refractivity contribution in [2.75, 3.05) is 13.1 Å². The number of carbonyl (C=O) groups is 2. The zero-order valence-electron chi connectivity index (χ0n) is 12.8. The van der Waals surface area contributed by atoms with Crippen LogP contribution in [-0.4, -0.2) is 49.7 Å². The number of carboxylic acid groups (broad SMARTS) is 1. The molecule has 2 atom stereocenters. The van der Waals surface area contributed by atoms with Crippen LogP contribution in [0.15, 0.2) is 36.9 Å². The molecule has 1 aromatic heterocycles. The van der Waals surface area contributed by atoms with Crippen LogP contribution >= 0.6 is 0 Å². The standard InChI is InChI=1S/C16H18N4O3/c1-11-6-13(16(22)23)8-19(7-11)15(21)12-2-4-14(5-3-12)20-9-17-18-10-20/h2-5,9-11,13H,6-8H2,1H3,(H,22,23). The lowest BCUT2D eigenvalue weighted by atomic mass is 9.90. The van der Waals surface area contributed by atoms with Crippen LogP contribution in [0.5, 0.6) is 0 Å². The molecule has 2 aromatic rings. The van der Waals surface area contributed by atoms with E-state index in [1.165, 1.54) is 0 Å². The average Bonchev–Trinajstić information content (AvgIpc) is 3.08. The Morgan fingerprint density at radius 3 is 2.39 bits per heavy atom. The van der Waals surface area contributed by atoms with Gasteiger partial charge in [0.2, 0.25) is 0 Å². The number of rotatable bonds is 3. The first-order valence-corrected chi connectivity index (χ1v) is 7.51.